The lowest BCUT2D eigenvalue weighted by Crippen LogP contribution is -2.34. The maximum Gasteiger partial charge on any atom is 0.245 e. The first-order chi connectivity index (χ1) is 10.3. The Hall–Kier alpha value is -1.82. The van der Waals surface area contributed by atoms with Gasteiger partial charge in [-0.25, -0.2) is 0 Å². The largest absolute Gasteiger partial charge is 0.346 e. The summed E-state index contributed by atoms with van der Waals surface area (Å²) in [5.41, 5.74) is 2.37. The molecule has 2 rings (SSSR count). The molecule has 0 aliphatic carbocycles. The second-order valence-corrected chi connectivity index (χ2v) is 5.81. The molecule has 1 amide bonds. The normalized spacial score (nSPS) is 13.9. The Labute approximate surface area is 135 Å². The summed E-state index contributed by atoms with van der Waals surface area (Å²) in [4.78, 5) is 12.4. The number of rotatable bonds is 5. The van der Waals surface area contributed by atoms with Crippen LogP contribution in [0.25, 0.3) is 0 Å². The Morgan fingerprint density at radius 2 is 2.05 bits per heavy atom. The van der Waals surface area contributed by atoms with Gasteiger partial charge in [0.25, 0.3) is 0 Å². The van der Waals surface area contributed by atoms with Crippen molar-refractivity contribution in [3.8, 4) is 0 Å². The highest BCUT2D eigenvalue weighted by molar-refractivity contribution is 6.31. The number of hydrogen-bond donors (Lipinski definition) is 1. The van der Waals surface area contributed by atoms with Crippen LogP contribution in [0.1, 0.15) is 49.9 Å². The van der Waals surface area contributed by atoms with Crippen LogP contribution in [0.3, 0.4) is 0 Å². The Morgan fingerprint density at radius 1 is 1.36 bits per heavy atom. The minimum atomic E-state index is -0.429. The van der Waals surface area contributed by atoms with Gasteiger partial charge in [0, 0.05) is 12.7 Å². The number of nitrogens with one attached hydrogen (secondary N) is 1. The van der Waals surface area contributed by atoms with Gasteiger partial charge in [0.2, 0.25) is 5.91 Å². The van der Waals surface area contributed by atoms with Crippen LogP contribution in [0, 0.1) is 13.8 Å². The zero-order chi connectivity index (χ0) is 16.4. The second-order valence-electron chi connectivity index (χ2n) is 5.43. The number of carbonyl (C=O) groups is 1. The molecule has 0 aliphatic rings. The van der Waals surface area contributed by atoms with Crippen molar-refractivity contribution in [2.45, 2.75) is 53.2 Å². The van der Waals surface area contributed by atoms with Crippen molar-refractivity contribution >= 4 is 17.5 Å². The third kappa shape index (κ3) is 3.16. The molecule has 1 N–H and O–H groups in total. The molecule has 6 nitrogen and oxygen atoms in total. The average Bonchev–Trinajstić information content (AvgIpc) is 3.07. The number of carbonyl (C=O) groups excluding carboxylic acids is 1. The van der Waals surface area contributed by atoms with Gasteiger partial charge in [0.05, 0.1) is 28.1 Å². The van der Waals surface area contributed by atoms with E-state index in [2.05, 4.69) is 15.5 Å². The van der Waals surface area contributed by atoms with Gasteiger partial charge < -0.3 is 5.32 Å². The first-order valence-electron chi connectivity index (χ1n) is 7.40. The second kappa shape index (κ2) is 6.52. The van der Waals surface area contributed by atoms with E-state index in [0.29, 0.717) is 5.02 Å². The fraction of sp³-hybridized carbons (Fsp3) is 0.533. The van der Waals surface area contributed by atoms with Gasteiger partial charge >= 0.3 is 0 Å². The van der Waals surface area contributed by atoms with Crippen LogP contribution in [0.15, 0.2) is 12.3 Å². The molecule has 120 valence electrons. The summed E-state index contributed by atoms with van der Waals surface area (Å²) in [6.45, 7) is 10.2. The predicted octanol–water partition coefficient (Wildman–Crippen LogP) is 2.81. The highest BCUT2D eigenvalue weighted by Gasteiger charge is 2.22. The molecule has 2 unspecified atom stereocenters. The molecule has 0 radical (unpaired) electrons. The van der Waals surface area contributed by atoms with Crippen LogP contribution in [0.5, 0.6) is 0 Å². The van der Waals surface area contributed by atoms with Gasteiger partial charge in [-0.2, -0.15) is 10.2 Å². The summed E-state index contributed by atoms with van der Waals surface area (Å²) in [7, 11) is 0. The molecule has 0 spiro atoms. The molecule has 0 fully saturated rings. The van der Waals surface area contributed by atoms with Crippen LogP contribution >= 0.6 is 11.6 Å². The number of amides is 1. The number of aryl methyl sites for hydroxylation is 2. The van der Waals surface area contributed by atoms with E-state index in [0.717, 1.165) is 23.6 Å². The van der Waals surface area contributed by atoms with Crippen LogP contribution in [0.2, 0.25) is 5.02 Å². The number of hydrogen-bond acceptors (Lipinski definition) is 3. The molecule has 0 saturated heterocycles. The minimum Gasteiger partial charge on any atom is -0.346 e. The molecule has 0 aliphatic heterocycles. The molecule has 0 aromatic carbocycles. The van der Waals surface area contributed by atoms with E-state index in [1.807, 2.05) is 51.6 Å². The number of aromatic nitrogens is 4. The van der Waals surface area contributed by atoms with E-state index >= 15 is 0 Å². The van der Waals surface area contributed by atoms with Gasteiger partial charge in [-0.1, -0.05) is 11.6 Å². The van der Waals surface area contributed by atoms with Crippen molar-refractivity contribution in [3.05, 3.63) is 34.4 Å². The Morgan fingerprint density at radius 3 is 2.55 bits per heavy atom. The lowest BCUT2D eigenvalue weighted by atomic mass is 10.2. The molecule has 2 heterocycles. The molecule has 2 aromatic rings. The van der Waals surface area contributed by atoms with Gasteiger partial charge in [0.1, 0.15) is 6.04 Å². The molecule has 22 heavy (non-hydrogen) atoms. The van der Waals surface area contributed by atoms with E-state index in [1.165, 1.54) is 0 Å². The van der Waals surface area contributed by atoms with Crippen LogP contribution in [-0.4, -0.2) is 25.5 Å². The van der Waals surface area contributed by atoms with Crippen LogP contribution in [0.4, 0.5) is 0 Å². The lowest BCUT2D eigenvalue weighted by Gasteiger charge is -2.17. The summed E-state index contributed by atoms with van der Waals surface area (Å²) < 4.78 is 3.49. The zero-order valence-electron chi connectivity index (χ0n) is 13.6. The molecular formula is C15H22ClN5O. The lowest BCUT2D eigenvalue weighted by molar-refractivity contribution is -0.124. The van der Waals surface area contributed by atoms with Crippen molar-refractivity contribution in [1.82, 2.24) is 24.9 Å². The van der Waals surface area contributed by atoms with Crippen LogP contribution < -0.4 is 5.32 Å². The third-order valence-corrected chi connectivity index (χ3v) is 4.32. The van der Waals surface area contributed by atoms with Crippen molar-refractivity contribution < 1.29 is 4.79 Å². The Bertz CT molecular complexity index is 676. The predicted molar refractivity (Wildman–Crippen MR) is 85.9 cm³/mol. The van der Waals surface area contributed by atoms with Crippen molar-refractivity contribution in [1.29, 1.82) is 0 Å². The van der Waals surface area contributed by atoms with Crippen molar-refractivity contribution in [2.75, 3.05) is 0 Å². The molecule has 0 bridgehead atoms. The molecular weight excluding hydrogens is 302 g/mol. The zero-order valence-corrected chi connectivity index (χ0v) is 14.3. The first kappa shape index (κ1) is 16.5. The summed E-state index contributed by atoms with van der Waals surface area (Å²) >= 11 is 6.14. The average molecular weight is 324 g/mol. The van der Waals surface area contributed by atoms with E-state index in [4.69, 9.17) is 11.6 Å². The van der Waals surface area contributed by atoms with Gasteiger partial charge in [-0.05, 0) is 40.7 Å². The first-order valence-corrected chi connectivity index (χ1v) is 7.77. The highest BCUT2D eigenvalue weighted by Crippen LogP contribution is 2.22. The Kier molecular flexibility index (Phi) is 4.90. The van der Waals surface area contributed by atoms with Crippen molar-refractivity contribution in [3.63, 3.8) is 0 Å². The summed E-state index contributed by atoms with van der Waals surface area (Å²) in [5.74, 6) is -0.110. The molecule has 7 heteroatoms. The van der Waals surface area contributed by atoms with Gasteiger partial charge in [0.15, 0.2) is 0 Å². The van der Waals surface area contributed by atoms with Crippen molar-refractivity contribution in [2.24, 2.45) is 0 Å². The van der Waals surface area contributed by atoms with E-state index < -0.39 is 6.04 Å². The standard InChI is InChI=1S/C15H22ClN5O/c1-6-20-8-7-13(19-20)9(2)17-15(22)12(5)21-11(4)14(16)10(3)18-21/h7-9,12H,6H2,1-5H3,(H,17,22). The summed E-state index contributed by atoms with van der Waals surface area (Å²) in [5, 5.41) is 12.3. The number of halogens is 1. The fourth-order valence-electron chi connectivity index (χ4n) is 2.32. The molecule has 2 atom stereocenters. The maximum absolute atomic E-state index is 12.4. The van der Waals surface area contributed by atoms with Gasteiger partial charge in [-0.3, -0.25) is 14.2 Å². The SMILES string of the molecule is CCn1ccc(C(C)NC(=O)C(C)n2nc(C)c(Cl)c2C)n1. The molecule has 0 saturated carbocycles. The smallest absolute Gasteiger partial charge is 0.245 e. The highest BCUT2D eigenvalue weighted by atomic mass is 35.5. The Balaban J connectivity index is 2.09. The number of nitrogens with zero attached hydrogens (tertiary/aromatic N) is 4. The fourth-order valence-corrected chi connectivity index (χ4v) is 2.45. The van der Waals surface area contributed by atoms with Crippen LogP contribution in [-0.2, 0) is 11.3 Å². The third-order valence-electron chi connectivity index (χ3n) is 3.77. The summed E-state index contributed by atoms with van der Waals surface area (Å²) in [6.07, 6.45) is 1.90. The monoisotopic (exact) mass is 323 g/mol. The van der Waals surface area contributed by atoms with E-state index in [-0.39, 0.29) is 11.9 Å². The molecule has 2 aromatic heterocycles. The quantitative estimate of drug-likeness (QED) is 0.920. The van der Waals surface area contributed by atoms with E-state index in [9.17, 15) is 4.79 Å². The van der Waals surface area contributed by atoms with E-state index in [1.54, 1.807) is 4.68 Å². The maximum atomic E-state index is 12.4. The summed E-state index contributed by atoms with van der Waals surface area (Å²) in [6, 6.07) is 1.33. The van der Waals surface area contributed by atoms with Gasteiger partial charge in [-0.15, -0.1) is 0 Å². The minimum absolute atomic E-state index is 0.110. The topological polar surface area (TPSA) is 64.7 Å².